The first-order valence-electron chi connectivity index (χ1n) is 3.31. The van der Waals surface area contributed by atoms with Gasteiger partial charge in [0.1, 0.15) is 0 Å². The van der Waals surface area contributed by atoms with Crippen LogP contribution in [0.1, 0.15) is 13.8 Å². The molecule has 0 bridgehead atoms. The average Bonchev–Trinajstić information content (AvgIpc) is 2.31. The summed E-state index contributed by atoms with van der Waals surface area (Å²) in [7, 11) is 0. The highest BCUT2D eigenvalue weighted by Gasteiger charge is 2.06. The summed E-state index contributed by atoms with van der Waals surface area (Å²) in [5.74, 6) is 0.929. The number of halogens is 1. The monoisotopic (exact) mass is 192 g/mol. The van der Waals surface area contributed by atoms with Gasteiger partial charge in [-0.05, 0) is 5.92 Å². The van der Waals surface area contributed by atoms with Crippen LogP contribution in [-0.2, 0) is 0 Å². The molecule has 11 heavy (non-hydrogen) atoms. The minimum atomic E-state index is 0.357. The van der Waals surface area contributed by atoms with Crippen molar-refractivity contribution in [3.63, 3.8) is 0 Å². The van der Waals surface area contributed by atoms with Gasteiger partial charge in [0.15, 0.2) is 0 Å². The Bertz CT molecular complexity index is 226. The Balaban J connectivity index is 2.44. The Morgan fingerprint density at radius 2 is 2.27 bits per heavy atom. The van der Waals surface area contributed by atoms with Crippen molar-refractivity contribution in [1.29, 1.82) is 0 Å². The van der Waals surface area contributed by atoms with Crippen LogP contribution in [0.5, 0.6) is 5.88 Å². The van der Waals surface area contributed by atoms with Gasteiger partial charge in [0, 0.05) is 0 Å². The van der Waals surface area contributed by atoms with Crippen molar-refractivity contribution >= 4 is 23.3 Å². The van der Waals surface area contributed by atoms with Gasteiger partial charge >= 0.3 is 0 Å². The van der Waals surface area contributed by atoms with E-state index in [9.17, 15) is 0 Å². The first kappa shape index (κ1) is 8.74. The molecule has 0 saturated carbocycles. The molecule has 0 unspecified atom stereocenters. The van der Waals surface area contributed by atoms with Crippen molar-refractivity contribution in [3.05, 3.63) is 5.15 Å². The molecule has 1 rings (SSSR count). The summed E-state index contributed by atoms with van der Waals surface area (Å²) in [5.41, 5.74) is 0. The Kier molecular flexibility index (Phi) is 3.08. The summed E-state index contributed by atoms with van der Waals surface area (Å²) >= 11 is 6.70. The molecule has 0 aliphatic carbocycles. The zero-order chi connectivity index (χ0) is 8.27. The molecule has 3 nitrogen and oxygen atoms in total. The molecule has 0 aliphatic rings. The van der Waals surface area contributed by atoms with Crippen LogP contribution in [0.15, 0.2) is 0 Å². The largest absolute Gasteiger partial charge is 0.475 e. The number of aromatic nitrogens is 2. The lowest BCUT2D eigenvalue weighted by molar-refractivity contribution is 0.263. The maximum atomic E-state index is 5.64. The van der Waals surface area contributed by atoms with Gasteiger partial charge in [-0.2, -0.15) is 4.37 Å². The topological polar surface area (TPSA) is 35.0 Å². The van der Waals surface area contributed by atoms with Crippen LogP contribution in [0.4, 0.5) is 0 Å². The summed E-state index contributed by atoms with van der Waals surface area (Å²) in [6.45, 7) is 4.76. The highest BCUT2D eigenvalue weighted by molar-refractivity contribution is 6.99. The zero-order valence-electron chi connectivity index (χ0n) is 6.37. The van der Waals surface area contributed by atoms with Crippen molar-refractivity contribution in [1.82, 2.24) is 8.75 Å². The first-order valence-corrected chi connectivity index (χ1v) is 4.42. The molecule has 0 spiro atoms. The van der Waals surface area contributed by atoms with Gasteiger partial charge in [0.05, 0.1) is 18.3 Å². The van der Waals surface area contributed by atoms with Crippen molar-refractivity contribution in [2.45, 2.75) is 13.8 Å². The number of rotatable bonds is 3. The van der Waals surface area contributed by atoms with Crippen molar-refractivity contribution < 1.29 is 4.74 Å². The first-order chi connectivity index (χ1) is 5.20. The van der Waals surface area contributed by atoms with Gasteiger partial charge in [0.2, 0.25) is 5.15 Å². The van der Waals surface area contributed by atoms with Crippen LogP contribution < -0.4 is 4.74 Å². The summed E-state index contributed by atoms with van der Waals surface area (Å²) in [5, 5.41) is 0.357. The third-order valence-electron chi connectivity index (χ3n) is 0.975. The molecule has 0 saturated heterocycles. The Labute approximate surface area is 74.7 Å². The van der Waals surface area contributed by atoms with Gasteiger partial charge in [-0.15, -0.1) is 4.37 Å². The molecule has 0 fully saturated rings. The SMILES string of the molecule is CC(C)COc1nsnc1Cl. The predicted molar refractivity (Wildman–Crippen MR) is 45.3 cm³/mol. The quantitative estimate of drug-likeness (QED) is 0.737. The second kappa shape index (κ2) is 3.88. The summed E-state index contributed by atoms with van der Waals surface area (Å²) in [6.07, 6.45) is 0. The lowest BCUT2D eigenvalue weighted by Crippen LogP contribution is -2.04. The molecule has 0 atom stereocenters. The fourth-order valence-corrected chi connectivity index (χ4v) is 1.14. The number of nitrogens with zero attached hydrogens (tertiary/aromatic N) is 2. The van der Waals surface area contributed by atoms with E-state index in [0.717, 1.165) is 11.7 Å². The number of hydrogen-bond donors (Lipinski definition) is 0. The van der Waals surface area contributed by atoms with Crippen LogP contribution in [-0.4, -0.2) is 15.4 Å². The minimum absolute atomic E-state index is 0.357. The summed E-state index contributed by atoms with van der Waals surface area (Å²) in [4.78, 5) is 0. The Hall–Kier alpha value is -0.350. The molecular formula is C6H9ClN2OS. The lowest BCUT2D eigenvalue weighted by Gasteiger charge is -2.04. The third-order valence-corrected chi connectivity index (χ3v) is 1.83. The van der Waals surface area contributed by atoms with Crippen LogP contribution in [0.25, 0.3) is 0 Å². The van der Waals surface area contributed by atoms with Crippen molar-refractivity contribution in [3.8, 4) is 5.88 Å². The molecule has 0 aromatic carbocycles. The van der Waals surface area contributed by atoms with E-state index in [4.69, 9.17) is 16.3 Å². The van der Waals surface area contributed by atoms with E-state index in [2.05, 4.69) is 22.6 Å². The molecule has 1 aromatic heterocycles. The summed E-state index contributed by atoms with van der Waals surface area (Å²) in [6, 6.07) is 0. The maximum Gasteiger partial charge on any atom is 0.265 e. The highest BCUT2D eigenvalue weighted by Crippen LogP contribution is 2.20. The van der Waals surface area contributed by atoms with Gasteiger partial charge in [-0.25, -0.2) is 0 Å². The second-order valence-corrected chi connectivity index (χ2v) is 3.45. The van der Waals surface area contributed by atoms with Gasteiger partial charge < -0.3 is 4.74 Å². The highest BCUT2D eigenvalue weighted by atomic mass is 35.5. The molecule has 0 N–H and O–H groups in total. The van der Waals surface area contributed by atoms with Gasteiger partial charge in [-0.3, -0.25) is 0 Å². The maximum absolute atomic E-state index is 5.64. The molecule has 0 amide bonds. The smallest absolute Gasteiger partial charge is 0.265 e. The molecule has 1 aromatic rings. The fraction of sp³-hybridized carbons (Fsp3) is 0.667. The van der Waals surface area contributed by atoms with E-state index < -0.39 is 0 Å². The fourth-order valence-electron chi connectivity index (χ4n) is 0.502. The minimum Gasteiger partial charge on any atom is -0.475 e. The van der Waals surface area contributed by atoms with Crippen molar-refractivity contribution in [2.24, 2.45) is 5.92 Å². The molecule has 5 heteroatoms. The Morgan fingerprint density at radius 1 is 1.55 bits per heavy atom. The standard InChI is InChI=1S/C6H9ClN2OS/c1-4(2)3-10-6-5(7)8-11-9-6/h4H,3H2,1-2H3. The molecule has 0 radical (unpaired) electrons. The lowest BCUT2D eigenvalue weighted by atomic mass is 10.2. The average molecular weight is 193 g/mol. The van der Waals surface area contributed by atoms with Crippen molar-refractivity contribution in [2.75, 3.05) is 6.61 Å². The normalized spacial score (nSPS) is 10.5. The third kappa shape index (κ3) is 2.63. The van der Waals surface area contributed by atoms with Gasteiger partial charge in [-0.1, -0.05) is 25.4 Å². The summed E-state index contributed by atoms with van der Waals surface area (Å²) < 4.78 is 12.9. The van der Waals surface area contributed by atoms with E-state index in [-0.39, 0.29) is 0 Å². The van der Waals surface area contributed by atoms with E-state index in [1.807, 2.05) is 0 Å². The second-order valence-electron chi connectivity index (χ2n) is 2.57. The van der Waals surface area contributed by atoms with E-state index in [1.54, 1.807) is 0 Å². The van der Waals surface area contributed by atoms with E-state index >= 15 is 0 Å². The van der Waals surface area contributed by atoms with E-state index in [0.29, 0.717) is 23.6 Å². The van der Waals surface area contributed by atoms with Crippen LogP contribution >= 0.6 is 23.3 Å². The number of ether oxygens (including phenoxy) is 1. The predicted octanol–water partition coefficient (Wildman–Crippen LogP) is 2.23. The van der Waals surface area contributed by atoms with Crippen LogP contribution in [0.3, 0.4) is 0 Å². The van der Waals surface area contributed by atoms with E-state index in [1.165, 1.54) is 0 Å². The molecule has 1 heterocycles. The zero-order valence-corrected chi connectivity index (χ0v) is 7.95. The number of hydrogen-bond acceptors (Lipinski definition) is 4. The molecular weight excluding hydrogens is 184 g/mol. The van der Waals surface area contributed by atoms with Crippen LogP contribution in [0, 0.1) is 5.92 Å². The Morgan fingerprint density at radius 3 is 2.73 bits per heavy atom. The molecule has 62 valence electrons. The van der Waals surface area contributed by atoms with Gasteiger partial charge in [0.25, 0.3) is 5.88 Å². The van der Waals surface area contributed by atoms with Crippen LogP contribution in [0.2, 0.25) is 5.15 Å². The molecule has 0 aliphatic heterocycles.